The number of hydrogen-bond donors (Lipinski definition) is 0. The molecule has 5 nitrogen and oxygen atoms in total. The lowest BCUT2D eigenvalue weighted by atomic mass is 9.94. The smallest absolute Gasteiger partial charge is 0.0978 e. The van der Waals surface area contributed by atoms with Crippen molar-refractivity contribution in [3.05, 3.63) is 413 Å². The van der Waals surface area contributed by atoms with Gasteiger partial charge < -0.3 is 0 Å². The first-order chi connectivity index (χ1) is 54.2. The molecule has 11 heteroatoms. The third-order valence-corrected chi connectivity index (χ3v) is 35.7. The van der Waals surface area contributed by atoms with E-state index in [-0.39, 0.29) is 0 Å². The molecule has 20 rings (SSSR count). The number of benzene rings is 15. The average Bonchev–Trinajstić information content (AvgIpc) is 0.744. The van der Waals surface area contributed by atoms with Crippen LogP contribution in [0.1, 0.15) is 0 Å². The Hall–Kier alpha value is -11.9. The van der Waals surface area contributed by atoms with Crippen LogP contribution in [0.15, 0.2) is 413 Å². The Balaban J connectivity index is 0.000000116. The zero-order chi connectivity index (χ0) is 74.0. The van der Waals surface area contributed by atoms with Crippen molar-refractivity contribution < 1.29 is 0 Å². The summed E-state index contributed by atoms with van der Waals surface area (Å²) in [5, 5.41) is 23.7. The summed E-state index contributed by atoms with van der Waals surface area (Å²) in [7, 11) is 0. The maximum atomic E-state index is 6.53. The Morgan fingerprint density at radius 3 is 0.873 bits per heavy atom. The van der Waals surface area contributed by atoms with E-state index in [1.165, 1.54) is 96.6 Å². The molecule has 0 spiro atoms. The van der Waals surface area contributed by atoms with Crippen LogP contribution in [0.3, 0.4) is 0 Å². The molecule has 0 fully saturated rings. The lowest BCUT2D eigenvalue weighted by Crippen LogP contribution is -2.24. The van der Waals surface area contributed by atoms with Crippen LogP contribution < -0.4 is 47.7 Å². The van der Waals surface area contributed by atoms with E-state index in [0.717, 1.165) is 71.6 Å². The average molecular weight is 1520 g/mol. The third-order valence-electron chi connectivity index (χ3n) is 20.8. The highest BCUT2D eigenvalue weighted by atomic mass is 32.4. The van der Waals surface area contributed by atoms with Crippen LogP contribution in [0.5, 0.6) is 0 Å². The molecule has 20 aromatic rings. The molecule has 0 aliphatic heterocycles. The van der Waals surface area contributed by atoms with Crippen molar-refractivity contribution in [2.45, 2.75) is 0 Å². The maximum Gasteiger partial charge on any atom is 0.0978 e. The van der Waals surface area contributed by atoms with Gasteiger partial charge in [-0.05, 0) is 128 Å². The molecule has 0 N–H and O–H groups in total. The van der Waals surface area contributed by atoms with Crippen LogP contribution in [0.2, 0.25) is 0 Å². The minimum absolute atomic E-state index is 0.929. The Kier molecular flexibility index (Phi) is 19.2. The lowest BCUT2D eigenvalue weighted by molar-refractivity contribution is 1.37. The summed E-state index contributed by atoms with van der Waals surface area (Å²) >= 11 is 19.5. The quantitative estimate of drug-likeness (QED) is 0.0886. The molecule has 0 radical (unpaired) electrons. The van der Waals surface area contributed by atoms with Crippen molar-refractivity contribution in [3.8, 4) is 33.6 Å². The van der Waals surface area contributed by atoms with Crippen LogP contribution >= 0.6 is 18.1 Å². The summed E-state index contributed by atoms with van der Waals surface area (Å²) in [5.74, 6) is 0. The van der Waals surface area contributed by atoms with E-state index in [0.29, 0.717) is 0 Å². The van der Waals surface area contributed by atoms with Gasteiger partial charge in [-0.15, -0.1) is 0 Å². The van der Waals surface area contributed by atoms with Gasteiger partial charge in [-0.3, -0.25) is 15.0 Å². The zero-order valence-corrected chi connectivity index (χ0v) is 64.7. The van der Waals surface area contributed by atoms with Gasteiger partial charge in [0.05, 0.1) is 39.0 Å². The number of nitrogens with zero attached hydrogens (tertiary/aromatic N) is 5. The number of hydrogen-bond acceptors (Lipinski definition) is 8. The van der Waals surface area contributed by atoms with Gasteiger partial charge in [-0.25, -0.2) is 9.97 Å². The van der Waals surface area contributed by atoms with Crippen molar-refractivity contribution >= 4 is 188 Å². The second kappa shape index (κ2) is 30.3. The minimum atomic E-state index is -2.18. The van der Waals surface area contributed by atoms with E-state index in [1.807, 2.05) is 61.1 Å². The summed E-state index contributed by atoms with van der Waals surface area (Å²) in [6.07, 6.45) is 5.56. The second-order valence-corrected chi connectivity index (χ2v) is 40.4. The fourth-order valence-corrected chi connectivity index (χ4v) is 26.6. The van der Waals surface area contributed by atoms with Crippen molar-refractivity contribution in [2.75, 3.05) is 0 Å². The Bertz CT molecular complexity index is 6470. The summed E-state index contributed by atoms with van der Waals surface area (Å²) in [6.45, 7) is 0. The molecule has 15 aromatic carbocycles. The molecular formula is C99H68N5P3S3. The highest BCUT2D eigenvalue weighted by Gasteiger charge is 2.28. The van der Waals surface area contributed by atoms with Crippen molar-refractivity contribution in [1.82, 2.24) is 24.9 Å². The topological polar surface area (TPSA) is 64.5 Å². The molecule has 0 unspecified atom stereocenters. The van der Waals surface area contributed by atoms with Crippen LogP contribution in [-0.2, 0) is 35.4 Å². The maximum absolute atomic E-state index is 6.53. The van der Waals surface area contributed by atoms with Gasteiger partial charge in [0.15, 0.2) is 0 Å². The van der Waals surface area contributed by atoms with Crippen molar-refractivity contribution in [2.24, 2.45) is 0 Å². The number of fused-ring (bicyclic) bond motifs is 15. The molecular weight excluding hydrogens is 1450 g/mol. The first-order valence-corrected chi connectivity index (χ1v) is 45.0. The fraction of sp³-hybridized carbons (Fsp3) is 0. The predicted molar refractivity (Wildman–Crippen MR) is 483 cm³/mol. The summed E-state index contributed by atoms with van der Waals surface area (Å²) in [5.41, 5.74) is 11.1. The predicted octanol–water partition coefficient (Wildman–Crippen LogP) is 21.5. The highest BCUT2D eigenvalue weighted by molar-refractivity contribution is 8.26. The number of aromatic nitrogens is 5. The van der Waals surface area contributed by atoms with E-state index >= 15 is 0 Å². The molecule has 0 saturated carbocycles. The van der Waals surface area contributed by atoms with E-state index < -0.39 is 18.1 Å². The van der Waals surface area contributed by atoms with Crippen LogP contribution in [0, 0.1) is 0 Å². The standard InChI is InChI=1S/C35H24NPS.C34H23N2PS.C30H21N2PS/c38-37(27-10-3-1-4-11-27,28-12-5-2-6-13-28)29-20-17-25(18-21-29)26-19-22-32-30-14-7-8-15-31(30)33-16-9-23-36-35(33)34(32)24-26;38-37(25-10-3-1-4-11-25,26-12-5-2-6-13-26)27-19-17-24(18-20-27)32-22-21-31-29-15-8-7-14-28(29)30-16-9-23-35-33(30)34(31)36-32;34-33(25-9-3-1-4-10-25,26-11-5-2-6-12-26)27-18-15-22(16-19-27)28-20-17-24-14-13-23-8-7-21-31-29(23)30(24)32-28/h1-24H;1-23H;1-21H. The number of pyridine rings is 5. The first-order valence-electron chi connectivity index (χ1n) is 36.6. The van der Waals surface area contributed by atoms with Gasteiger partial charge in [-0.1, -0.05) is 387 Å². The SMILES string of the molecule is S=P(c1ccccc1)(c1ccccc1)c1ccc(-c2ccc3c4ccccc4c4cccnc4c3c2)cc1.S=P(c1ccccc1)(c1ccccc1)c1ccc(-c2ccc3c4ccccc4c4cccnc4c3n2)cc1.S=P(c1ccccc1)(c1ccccc1)c1ccc(-c2ccc3ccc4cccnc4c3n2)cc1. The zero-order valence-electron chi connectivity index (χ0n) is 59.6. The molecule has 0 aliphatic rings. The van der Waals surface area contributed by atoms with Gasteiger partial charge in [0.1, 0.15) is 0 Å². The molecule has 0 saturated heterocycles. The van der Waals surface area contributed by atoms with Crippen LogP contribution in [0.25, 0.3) is 120 Å². The largest absolute Gasteiger partial charge is 0.256 e. The second-order valence-electron chi connectivity index (χ2n) is 27.1. The van der Waals surface area contributed by atoms with E-state index in [1.54, 1.807) is 0 Å². The van der Waals surface area contributed by atoms with Crippen molar-refractivity contribution in [1.29, 1.82) is 0 Å². The first kappa shape index (κ1) is 69.8. The molecule has 5 heterocycles. The molecule has 0 atom stereocenters. The van der Waals surface area contributed by atoms with Gasteiger partial charge in [0, 0.05) is 80.1 Å². The molecule has 522 valence electrons. The Labute approximate surface area is 654 Å². The summed E-state index contributed by atoms with van der Waals surface area (Å²) < 4.78 is 0. The van der Waals surface area contributed by atoms with Gasteiger partial charge in [0.2, 0.25) is 0 Å². The van der Waals surface area contributed by atoms with E-state index in [2.05, 4.69) is 357 Å². The monoisotopic (exact) mass is 1520 g/mol. The molecule has 0 aliphatic carbocycles. The van der Waals surface area contributed by atoms with Crippen LogP contribution in [-0.4, -0.2) is 24.9 Å². The van der Waals surface area contributed by atoms with Gasteiger partial charge in [-0.2, -0.15) is 0 Å². The van der Waals surface area contributed by atoms with Crippen molar-refractivity contribution in [3.63, 3.8) is 0 Å². The highest BCUT2D eigenvalue weighted by Crippen LogP contribution is 2.47. The summed E-state index contributed by atoms with van der Waals surface area (Å²) in [4.78, 5) is 24.3. The summed E-state index contributed by atoms with van der Waals surface area (Å²) in [6, 6.07) is 132. The number of rotatable bonds is 12. The van der Waals surface area contributed by atoms with Gasteiger partial charge in [0.25, 0.3) is 0 Å². The lowest BCUT2D eigenvalue weighted by Gasteiger charge is -2.24. The molecule has 0 amide bonds. The fourth-order valence-electron chi connectivity index (χ4n) is 15.3. The molecule has 5 aromatic heterocycles. The van der Waals surface area contributed by atoms with E-state index in [9.17, 15) is 0 Å². The Morgan fingerprint density at radius 1 is 0.173 bits per heavy atom. The molecule has 110 heavy (non-hydrogen) atoms. The Morgan fingerprint density at radius 2 is 0.445 bits per heavy atom. The van der Waals surface area contributed by atoms with Gasteiger partial charge >= 0.3 is 0 Å². The minimum Gasteiger partial charge on any atom is -0.256 e. The normalized spacial score (nSPS) is 11.7. The van der Waals surface area contributed by atoms with E-state index in [4.69, 9.17) is 55.4 Å². The molecule has 0 bridgehead atoms. The third kappa shape index (κ3) is 12.9. The van der Waals surface area contributed by atoms with Crippen LogP contribution in [0.4, 0.5) is 0 Å².